The highest BCUT2D eigenvalue weighted by molar-refractivity contribution is 8.00. The molecule has 0 spiro atoms. The van der Waals surface area contributed by atoms with E-state index in [2.05, 4.69) is 5.32 Å². The normalized spacial score (nSPS) is 14.7. The van der Waals surface area contributed by atoms with Gasteiger partial charge in [-0.25, -0.2) is 0 Å². The number of nitrogens with one attached hydrogen (secondary N) is 1. The van der Waals surface area contributed by atoms with E-state index in [1.165, 1.54) is 11.8 Å². The third-order valence-electron chi connectivity index (χ3n) is 5.75. The maximum Gasteiger partial charge on any atom is 0.243 e. The number of hydrogen-bond acceptors (Lipinski definition) is 4. The average Bonchev–Trinajstić information content (AvgIpc) is 3.31. The van der Waals surface area contributed by atoms with Gasteiger partial charge in [0.25, 0.3) is 0 Å². The number of halogens is 1. The fraction of sp³-hybridized carbons (Fsp3) is 0.440. The average molecular weight is 475 g/mol. The lowest BCUT2D eigenvalue weighted by atomic mass is 10.1. The second-order valence-corrected chi connectivity index (χ2v) is 9.51. The summed E-state index contributed by atoms with van der Waals surface area (Å²) in [6, 6.07) is 14.8. The molecule has 172 valence electrons. The summed E-state index contributed by atoms with van der Waals surface area (Å²) in [5.74, 6) is 0.848. The Morgan fingerprint density at radius 3 is 2.56 bits per heavy atom. The fourth-order valence-corrected chi connectivity index (χ4v) is 4.92. The molecule has 1 atom stereocenters. The van der Waals surface area contributed by atoms with Crippen molar-refractivity contribution < 1.29 is 14.3 Å². The van der Waals surface area contributed by atoms with E-state index in [9.17, 15) is 9.59 Å². The molecule has 0 saturated heterocycles. The van der Waals surface area contributed by atoms with Crippen LogP contribution in [0.2, 0.25) is 5.02 Å². The Labute approximate surface area is 199 Å². The van der Waals surface area contributed by atoms with Crippen molar-refractivity contribution in [3.05, 3.63) is 59.1 Å². The number of amides is 2. The number of nitrogens with zero attached hydrogens (tertiary/aromatic N) is 1. The highest BCUT2D eigenvalue weighted by Crippen LogP contribution is 2.24. The summed E-state index contributed by atoms with van der Waals surface area (Å²) in [4.78, 5) is 29.2. The number of rotatable bonds is 10. The summed E-state index contributed by atoms with van der Waals surface area (Å²) >= 11 is 7.42. The van der Waals surface area contributed by atoms with Gasteiger partial charge in [-0.15, -0.1) is 11.8 Å². The lowest BCUT2D eigenvalue weighted by Crippen LogP contribution is -2.51. The molecule has 2 amide bonds. The van der Waals surface area contributed by atoms with Crippen LogP contribution in [0.5, 0.6) is 5.75 Å². The molecule has 1 aliphatic rings. The lowest BCUT2D eigenvalue weighted by molar-refractivity contribution is -0.139. The van der Waals surface area contributed by atoms with Crippen molar-refractivity contribution in [3.8, 4) is 5.75 Å². The predicted molar refractivity (Wildman–Crippen MR) is 130 cm³/mol. The Bertz CT molecular complexity index is 900. The molecule has 0 aromatic heterocycles. The van der Waals surface area contributed by atoms with Crippen LogP contribution in [0, 0.1) is 0 Å². The molecule has 1 fully saturated rings. The number of benzene rings is 2. The van der Waals surface area contributed by atoms with Gasteiger partial charge in [-0.2, -0.15) is 0 Å². The van der Waals surface area contributed by atoms with Gasteiger partial charge in [-0.1, -0.05) is 43.5 Å². The number of carbonyl (C=O) groups is 2. The van der Waals surface area contributed by atoms with Crippen molar-refractivity contribution in [2.75, 3.05) is 12.9 Å². The van der Waals surface area contributed by atoms with Crippen molar-refractivity contribution in [1.82, 2.24) is 10.2 Å². The second-order valence-electron chi connectivity index (χ2n) is 8.03. The number of ether oxygens (including phenoxy) is 1. The minimum absolute atomic E-state index is 0.0628. The van der Waals surface area contributed by atoms with E-state index in [-0.39, 0.29) is 23.6 Å². The summed E-state index contributed by atoms with van der Waals surface area (Å²) in [6.07, 6.45) is 4.87. The quantitative estimate of drug-likeness (QED) is 0.474. The molecular formula is C25H31ClN2O3S. The zero-order valence-electron chi connectivity index (χ0n) is 18.7. The first kappa shape index (κ1) is 24.5. The van der Waals surface area contributed by atoms with Crippen molar-refractivity contribution in [1.29, 1.82) is 0 Å². The maximum absolute atomic E-state index is 13.4. The molecule has 0 unspecified atom stereocenters. The SMILES string of the molecule is CC[C@@H](C(=O)NC1CCCC1)N(Cc1cccc(OC)c1)C(=O)CSc1ccc(Cl)cc1. The van der Waals surface area contributed by atoms with Crippen LogP contribution in [0.15, 0.2) is 53.4 Å². The van der Waals surface area contributed by atoms with Gasteiger partial charge in [0, 0.05) is 22.5 Å². The molecule has 1 saturated carbocycles. The molecule has 2 aromatic carbocycles. The van der Waals surface area contributed by atoms with E-state index in [0.29, 0.717) is 18.0 Å². The van der Waals surface area contributed by atoms with Gasteiger partial charge in [0.2, 0.25) is 11.8 Å². The Kier molecular flexibility index (Phi) is 9.30. The molecule has 0 radical (unpaired) electrons. The van der Waals surface area contributed by atoms with Crippen LogP contribution < -0.4 is 10.1 Å². The number of methoxy groups -OCH3 is 1. The monoisotopic (exact) mass is 474 g/mol. The van der Waals surface area contributed by atoms with Gasteiger partial charge in [0.05, 0.1) is 12.9 Å². The molecule has 2 aromatic rings. The maximum atomic E-state index is 13.4. The Morgan fingerprint density at radius 1 is 1.19 bits per heavy atom. The van der Waals surface area contributed by atoms with Crippen LogP contribution >= 0.6 is 23.4 Å². The van der Waals surface area contributed by atoms with Gasteiger partial charge in [-0.05, 0) is 61.2 Å². The Morgan fingerprint density at radius 2 is 1.91 bits per heavy atom. The molecule has 1 aliphatic carbocycles. The van der Waals surface area contributed by atoms with Gasteiger partial charge < -0.3 is 15.0 Å². The van der Waals surface area contributed by atoms with Crippen LogP contribution in [-0.4, -0.2) is 41.7 Å². The Hall–Kier alpha value is -2.18. The van der Waals surface area contributed by atoms with E-state index in [4.69, 9.17) is 16.3 Å². The van der Waals surface area contributed by atoms with Gasteiger partial charge >= 0.3 is 0 Å². The fourth-order valence-electron chi connectivity index (χ4n) is 4.01. The van der Waals surface area contributed by atoms with Crippen LogP contribution in [0.1, 0.15) is 44.6 Å². The summed E-state index contributed by atoms with van der Waals surface area (Å²) < 4.78 is 5.34. The molecule has 7 heteroatoms. The molecule has 0 aliphatic heterocycles. The lowest BCUT2D eigenvalue weighted by Gasteiger charge is -2.31. The number of carbonyl (C=O) groups excluding carboxylic acids is 2. The first-order valence-corrected chi connectivity index (χ1v) is 12.5. The number of thioether (sulfide) groups is 1. The molecule has 3 rings (SSSR count). The molecule has 5 nitrogen and oxygen atoms in total. The summed E-state index contributed by atoms with van der Waals surface area (Å²) in [6.45, 7) is 2.31. The minimum atomic E-state index is -0.514. The van der Waals surface area contributed by atoms with Crippen LogP contribution in [0.25, 0.3) is 0 Å². The second kappa shape index (κ2) is 12.2. The molecular weight excluding hydrogens is 444 g/mol. The van der Waals surface area contributed by atoms with E-state index in [1.807, 2.05) is 55.5 Å². The smallest absolute Gasteiger partial charge is 0.243 e. The Balaban J connectivity index is 1.76. The van der Waals surface area contributed by atoms with E-state index < -0.39 is 6.04 Å². The highest BCUT2D eigenvalue weighted by atomic mass is 35.5. The zero-order chi connectivity index (χ0) is 22.9. The third kappa shape index (κ3) is 6.91. The molecule has 0 bridgehead atoms. The molecule has 1 N–H and O–H groups in total. The van der Waals surface area contributed by atoms with Crippen LogP contribution in [-0.2, 0) is 16.1 Å². The van der Waals surface area contributed by atoms with Crippen molar-refractivity contribution in [3.63, 3.8) is 0 Å². The summed E-state index contributed by atoms with van der Waals surface area (Å²) in [5, 5.41) is 3.84. The van der Waals surface area contributed by atoms with Gasteiger partial charge in [0.1, 0.15) is 11.8 Å². The van der Waals surface area contributed by atoms with Crippen LogP contribution in [0.4, 0.5) is 0 Å². The van der Waals surface area contributed by atoms with Gasteiger partial charge in [-0.3, -0.25) is 9.59 Å². The third-order valence-corrected chi connectivity index (χ3v) is 7.00. The summed E-state index contributed by atoms with van der Waals surface area (Å²) in [5.41, 5.74) is 0.932. The topological polar surface area (TPSA) is 58.6 Å². The summed E-state index contributed by atoms with van der Waals surface area (Å²) in [7, 11) is 1.62. The van der Waals surface area contributed by atoms with Crippen molar-refractivity contribution >= 4 is 35.2 Å². The van der Waals surface area contributed by atoms with Crippen LogP contribution in [0.3, 0.4) is 0 Å². The van der Waals surface area contributed by atoms with E-state index in [0.717, 1.165) is 41.9 Å². The largest absolute Gasteiger partial charge is 0.497 e. The minimum Gasteiger partial charge on any atom is -0.497 e. The van der Waals surface area contributed by atoms with Crippen molar-refractivity contribution in [2.45, 2.75) is 62.6 Å². The molecule has 0 heterocycles. The van der Waals surface area contributed by atoms with Crippen molar-refractivity contribution in [2.24, 2.45) is 0 Å². The first-order valence-electron chi connectivity index (χ1n) is 11.1. The number of hydrogen-bond donors (Lipinski definition) is 1. The highest BCUT2D eigenvalue weighted by Gasteiger charge is 2.30. The standard InChI is InChI=1S/C25H31ClN2O3S/c1-3-23(25(30)27-20-8-4-5-9-20)28(16-18-7-6-10-21(15-18)31-2)24(29)17-32-22-13-11-19(26)12-14-22/h6-7,10-15,20,23H,3-5,8-9,16-17H2,1-2H3,(H,27,30)/t23-/m0/s1. The van der Waals surface area contributed by atoms with Gasteiger partial charge in [0.15, 0.2) is 0 Å². The molecule has 32 heavy (non-hydrogen) atoms. The van der Waals surface area contributed by atoms with E-state index >= 15 is 0 Å². The first-order chi connectivity index (χ1) is 15.5. The zero-order valence-corrected chi connectivity index (χ0v) is 20.3. The van der Waals surface area contributed by atoms with E-state index in [1.54, 1.807) is 12.0 Å². The predicted octanol–water partition coefficient (Wildman–Crippen LogP) is 5.31.